The summed E-state index contributed by atoms with van der Waals surface area (Å²) in [5, 5.41) is 9.28. The molecule has 4 rings (SSSR count). The van der Waals surface area contributed by atoms with E-state index in [0.717, 1.165) is 18.6 Å². The first-order chi connectivity index (χ1) is 12.1. The van der Waals surface area contributed by atoms with E-state index in [1.165, 1.54) is 38.6 Å². The molecular weight excluding hydrogens is 302 g/mol. The molecule has 2 N–H and O–H groups in total. The molecule has 25 heavy (non-hydrogen) atoms. The second-order valence-electron chi connectivity index (χ2n) is 7.13. The first-order valence-corrected chi connectivity index (χ1v) is 9.03. The zero-order valence-electron chi connectivity index (χ0n) is 14.9. The van der Waals surface area contributed by atoms with E-state index >= 15 is 0 Å². The Balaban J connectivity index is 1.77. The van der Waals surface area contributed by atoms with Crippen molar-refractivity contribution >= 4 is 22.1 Å². The summed E-state index contributed by atoms with van der Waals surface area (Å²) in [4.78, 5) is 0. The van der Waals surface area contributed by atoms with Crippen LogP contribution in [0.15, 0.2) is 66.7 Å². The molecule has 0 saturated carbocycles. The number of rotatable bonds is 3. The molecule has 1 nitrogen and oxygen atoms in total. The first-order valence-electron chi connectivity index (χ1n) is 9.03. The van der Waals surface area contributed by atoms with Crippen molar-refractivity contribution in [1.29, 1.82) is 0 Å². The van der Waals surface area contributed by atoms with Gasteiger partial charge in [0.05, 0.1) is 6.42 Å². The molecule has 1 aliphatic rings. The number of aryl methyl sites for hydroxylation is 1. The van der Waals surface area contributed by atoms with Crippen molar-refractivity contribution < 1.29 is 5.41 Å². The molecule has 0 heterocycles. The first kappa shape index (κ1) is 15.8. The summed E-state index contributed by atoms with van der Waals surface area (Å²) >= 11 is 0. The number of nitrogens with two attached hydrogens (primary N) is 1. The molecule has 3 aromatic rings. The number of benzene rings is 3. The van der Waals surface area contributed by atoms with Crippen LogP contribution in [0.1, 0.15) is 41.5 Å². The molecule has 0 radical (unpaired) electrons. The number of fused-ring (bicyclic) bond motifs is 3. The maximum atomic E-state index is 6.60. The van der Waals surface area contributed by atoms with Gasteiger partial charge >= 0.3 is 0 Å². The molecule has 0 spiro atoms. The summed E-state index contributed by atoms with van der Waals surface area (Å²) in [6.45, 7) is 4.47. The van der Waals surface area contributed by atoms with Crippen LogP contribution >= 0.6 is 0 Å². The predicted molar refractivity (Wildman–Crippen MR) is 107 cm³/mol. The van der Waals surface area contributed by atoms with E-state index in [4.69, 9.17) is 5.41 Å². The SMILES string of the molecule is Cc1ccccc1CC(=[NH2+])C1=CCC(C)c2c1ccc1ccccc21. The van der Waals surface area contributed by atoms with Crippen molar-refractivity contribution in [3.05, 3.63) is 89.0 Å². The quantitative estimate of drug-likeness (QED) is 0.687. The normalized spacial score (nSPS) is 16.4. The summed E-state index contributed by atoms with van der Waals surface area (Å²) in [6.07, 6.45) is 4.18. The molecule has 1 unspecified atom stereocenters. The van der Waals surface area contributed by atoms with Gasteiger partial charge in [-0.2, -0.15) is 0 Å². The molecule has 1 atom stereocenters. The van der Waals surface area contributed by atoms with Crippen molar-refractivity contribution in [2.45, 2.75) is 32.6 Å². The van der Waals surface area contributed by atoms with Gasteiger partial charge in [0, 0.05) is 5.57 Å². The molecule has 124 valence electrons. The minimum Gasteiger partial charge on any atom is -0.257 e. The fourth-order valence-corrected chi connectivity index (χ4v) is 4.00. The van der Waals surface area contributed by atoms with Gasteiger partial charge in [-0.3, -0.25) is 5.41 Å². The van der Waals surface area contributed by atoms with E-state index < -0.39 is 0 Å². The van der Waals surface area contributed by atoms with Gasteiger partial charge in [0.15, 0.2) is 5.71 Å². The van der Waals surface area contributed by atoms with Gasteiger partial charge in [0.2, 0.25) is 0 Å². The van der Waals surface area contributed by atoms with Gasteiger partial charge in [-0.25, -0.2) is 0 Å². The van der Waals surface area contributed by atoms with Crippen LogP contribution in [0.4, 0.5) is 0 Å². The third-order valence-electron chi connectivity index (χ3n) is 5.42. The Morgan fingerprint density at radius 1 is 1.00 bits per heavy atom. The summed E-state index contributed by atoms with van der Waals surface area (Å²) in [7, 11) is 0. The summed E-state index contributed by atoms with van der Waals surface area (Å²) in [5.41, 5.74) is 7.56. The number of hydrogen-bond donors (Lipinski definition) is 1. The standard InChI is InChI=1S/C24H23N/c1-16-7-3-4-9-19(16)15-23(25)21-13-11-17(2)24-20-10-6-5-8-18(20)12-14-22(21)24/h3-10,12-14,17,25H,11,15H2,1-2H3/p+1. The summed E-state index contributed by atoms with van der Waals surface area (Å²) in [6, 6.07) is 21.7. The minimum absolute atomic E-state index is 0.524. The Bertz CT molecular complexity index is 994. The van der Waals surface area contributed by atoms with Gasteiger partial charge in [0.1, 0.15) is 0 Å². The smallest absolute Gasteiger partial charge is 0.184 e. The zero-order valence-corrected chi connectivity index (χ0v) is 14.9. The van der Waals surface area contributed by atoms with Crippen molar-refractivity contribution in [3.63, 3.8) is 0 Å². The Hall–Kier alpha value is -2.67. The maximum absolute atomic E-state index is 6.60. The highest BCUT2D eigenvalue weighted by atomic mass is 14.4. The lowest BCUT2D eigenvalue weighted by Crippen LogP contribution is -2.42. The van der Waals surface area contributed by atoms with Crippen LogP contribution < -0.4 is 5.41 Å². The second-order valence-corrected chi connectivity index (χ2v) is 7.13. The van der Waals surface area contributed by atoms with Crippen molar-refractivity contribution in [2.24, 2.45) is 0 Å². The molecule has 0 bridgehead atoms. The topological polar surface area (TPSA) is 25.6 Å². The van der Waals surface area contributed by atoms with Gasteiger partial charge in [-0.05, 0) is 52.3 Å². The fourth-order valence-electron chi connectivity index (χ4n) is 4.00. The molecule has 0 aromatic heterocycles. The lowest BCUT2D eigenvalue weighted by molar-refractivity contribution is -0.113. The van der Waals surface area contributed by atoms with E-state index in [-0.39, 0.29) is 0 Å². The van der Waals surface area contributed by atoms with Gasteiger partial charge in [-0.1, -0.05) is 73.7 Å². The summed E-state index contributed by atoms with van der Waals surface area (Å²) in [5.74, 6) is 0.524. The largest absolute Gasteiger partial charge is 0.257 e. The Labute approximate surface area is 149 Å². The van der Waals surface area contributed by atoms with Crippen LogP contribution in [0, 0.1) is 6.92 Å². The van der Waals surface area contributed by atoms with E-state index in [9.17, 15) is 0 Å². The lowest BCUT2D eigenvalue weighted by Gasteiger charge is -2.24. The molecular formula is C24H24N+. The third-order valence-corrected chi connectivity index (χ3v) is 5.42. The maximum Gasteiger partial charge on any atom is 0.184 e. The van der Waals surface area contributed by atoms with E-state index in [2.05, 4.69) is 80.6 Å². The van der Waals surface area contributed by atoms with Gasteiger partial charge in [0.25, 0.3) is 0 Å². The van der Waals surface area contributed by atoms with Crippen LogP contribution in [0.2, 0.25) is 0 Å². The minimum atomic E-state index is 0.524. The lowest BCUT2D eigenvalue weighted by atomic mass is 9.79. The van der Waals surface area contributed by atoms with Crippen LogP contribution in [0.3, 0.4) is 0 Å². The van der Waals surface area contributed by atoms with E-state index in [1.54, 1.807) is 0 Å². The molecule has 1 aliphatic carbocycles. The van der Waals surface area contributed by atoms with E-state index in [1.807, 2.05) is 0 Å². The molecule has 1 heteroatoms. The molecule has 0 fully saturated rings. The third kappa shape index (κ3) is 2.80. The van der Waals surface area contributed by atoms with Crippen LogP contribution in [0.5, 0.6) is 0 Å². The number of allylic oxidation sites excluding steroid dienone is 2. The molecule has 0 saturated heterocycles. The molecule has 0 amide bonds. The van der Waals surface area contributed by atoms with Gasteiger partial charge < -0.3 is 0 Å². The Morgan fingerprint density at radius 3 is 2.60 bits per heavy atom. The highest BCUT2D eigenvalue weighted by Crippen LogP contribution is 2.39. The monoisotopic (exact) mass is 326 g/mol. The summed E-state index contributed by atoms with van der Waals surface area (Å²) < 4.78 is 0. The van der Waals surface area contributed by atoms with Crippen LogP contribution in [-0.4, -0.2) is 5.71 Å². The average Bonchev–Trinajstić information content (AvgIpc) is 2.63. The Morgan fingerprint density at radius 2 is 1.76 bits per heavy atom. The van der Waals surface area contributed by atoms with Crippen molar-refractivity contribution in [2.75, 3.05) is 0 Å². The fraction of sp³-hybridized carbons (Fsp3) is 0.208. The average molecular weight is 326 g/mol. The molecule has 3 aromatic carbocycles. The number of hydrogen-bond acceptors (Lipinski definition) is 0. The zero-order chi connectivity index (χ0) is 17.4. The highest BCUT2D eigenvalue weighted by Gasteiger charge is 2.25. The second kappa shape index (κ2) is 6.33. The van der Waals surface area contributed by atoms with Gasteiger partial charge in [-0.15, -0.1) is 0 Å². The van der Waals surface area contributed by atoms with Crippen LogP contribution in [0.25, 0.3) is 16.3 Å². The van der Waals surface area contributed by atoms with E-state index in [0.29, 0.717) is 5.92 Å². The highest BCUT2D eigenvalue weighted by molar-refractivity contribution is 6.23. The van der Waals surface area contributed by atoms with Crippen molar-refractivity contribution in [1.82, 2.24) is 0 Å². The Kier molecular flexibility index (Phi) is 4.01. The predicted octanol–water partition coefficient (Wildman–Crippen LogP) is 4.48. The molecule has 0 aliphatic heterocycles. The van der Waals surface area contributed by atoms with Crippen molar-refractivity contribution in [3.8, 4) is 0 Å². The van der Waals surface area contributed by atoms with Crippen LogP contribution in [-0.2, 0) is 6.42 Å².